The second-order valence-corrected chi connectivity index (χ2v) is 3.67. The Morgan fingerprint density at radius 2 is 2.33 bits per heavy atom. The van der Waals surface area contributed by atoms with Crippen LogP contribution in [0.15, 0.2) is 29.4 Å². The number of nitrogens with one attached hydrogen (secondary N) is 2. The third kappa shape index (κ3) is 5.83. The van der Waals surface area contributed by atoms with Crippen LogP contribution >= 0.6 is 0 Å². The summed E-state index contributed by atoms with van der Waals surface area (Å²) in [7, 11) is 0. The molecule has 98 valence electrons. The molecule has 0 aromatic carbocycles. The van der Waals surface area contributed by atoms with Crippen LogP contribution in [0.3, 0.4) is 0 Å². The molecule has 0 spiro atoms. The number of urea groups is 1. The van der Waals surface area contributed by atoms with Crippen LogP contribution in [-0.2, 0) is 6.42 Å². The Morgan fingerprint density at radius 1 is 1.50 bits per heavy atom. The van der Waals surface area contributed by atoms with Gasteiger partial charge in [0.25, 0.3) is 0 Å². The summed E-state index contributed by atoms with van der Waals surface area (Å²) in [5.74, 6) is 0.422. The maximum Gasteiger partial charge on any atom is 0.318 e. The number of primary amides is 1. The molecule has 0 radical (unpaired) electrons. The summed E-state index contributed by atoms with van der Waals surface area (Å²) in [6.45, 7) is 3.21. The number of aromatic nitrogens is 1. The fourth-order valence-electron chi connectivity index (χ4n) is 1.42. The summed E-state index contributed by atoms with van der Waals surface area (Å²) in [4.78, 5) is 19.2. The van der Waals surface area contributed by atoms with E-state index in [1.54, 1.807) is 6.20 Å². The molecule has 0 aliphatic carbocycles. The topological polar surface area (TPSA) is 92.4 Å². The molecule has 0 aliphatic rings. The van der Waals surface area contributed by atoms with Gasteiger partial charge in [0.05, 0.1) is 0 Å². The van der Waals surface area contributed by atoms with Crippen LogP contribution in [0.4, 0.5) is 4.79 Å². The Balaban J connectivity index is 2.34. The van der Waals surface area contributed by atoms with Crippen molar-refractivity contribution < 1.29 is 4.79 Å². The Bertz CT molecular complexity index is 391. The predicted molar refractivity (Wildman–Crippen MR) is 71.3 cm³/mol. The monoisotopic (exact) mass is 249 g/mol. The van der Waals surface area contributed by atoms with Gasteiger partial charge in [-0.15, -0.1) is 0 Å². The van der Waals surface area contributed by atoms with Gasteiger partial charge in [0.1, 0.15) is 0 Å². The van der Waals surface area contributed by atoms with E-state index >= 15 is 0 Å². The number of aliphatic imine (C=N–C) groups is 1. The van der Waals surface area contributed by atoms with Crippen LogP contribution in [-0.4, -0.2) is 30.1 Å². The molecule has 1 aromatic rings. The number of carbonyl (C=O) groups excluding carboxylic acids is 1. The van der Waals surface area contributed by atoms with Gasteiger partial charge in [-0.05, 0) is 31.9 Å². The molecule has 2 amide bonds. The zero-order chi connectivity index (χ0) is 13.2. The van der Waals surface area contributed by atoms with Crippen molar-refractivity contribution in [2.24, 2.45) is 10.7 Å². The molecular weight excluding hydrogens is 230 g/mol. The molecule has 0 saturated heterocycles. The van der Waals surface area contributed by atoms with E-state index in [1.165, 1.54) is 0 Å². The highest BCUT2D eigenvalue weighted by Gasteiger charge is 1.99. The first kappa shape index (κ1) is 14.0. The minimum absolute atomic E-state index is 0.422. The molecule has 1 aromatic heterocycles. The quantitative estimate of drug-likeness (QED) is 0.406. The smallest absolute Gasteiger partial charge is 0.318 e. The first-order chi connectivity index (χ1) is 8.72. The van der Waals surface area contributed by atoms with Crippen molar-refractivity contribution in [3.63, 3.8) is 0 Å². The summed E-state index contributed by atoms with van der Waals surface area (Å²) in [5, 5.41) is 5.38. The van der Waals surface area contributed by atoms with Gasteiger partial charge in [0.15, 0.2) is 5.96 Å². The number of pyridine rings is 1. The van der Waals surface area contributed by atoms with Gasteiger partial charge in [-0.25, -0.2) is 4.79 Å². The fourth-order valence-corrected chi connectivity index (χ4v) is 1.42. The Hall–Kier alpha value is -2.11. The van der Waals surface area contributed by atoms with Crippen molar-refractivity contribution >= 4 is 12.0 Å². The molecule has 6 heteroatoms. The Morgan fingerprint density at radius 3 is 2.94 bits per heavy atom. The van der Waals surface area contributed by atoms with E-state index in [0.29, 0.717) is 19.0 Å². The number of carbonyl (C=O) groups is 1. The van der Waals surface area contributed by atoms with Gasteiger partial charge < -0.3 is 11.1 Å². The maximum atomic E-state index is 10.7. The number of guanidine groups is 1. The number of rotatable bonds is 5. The number of aryl methyl sites for hydroxylation is 1. The molecule has 18 heavy (non-hydrogen) atoms. The minimum atomic E-state index is -0.612. The van der Waals surface area contributed by atoms with Crippen LogP contribution < -0.4 is 16.4 Å². The lowest BCUT2D eigenvalue weighted by Crippen LogP contribution is -2.43. The van der Waals surface area contributed by atoms with E-state index in [4.69, 9.17) is 5.73 Å². The van der Waals surface area contributed by atoms with Crippen molar-refractivity contribution in [2.45, 2.75) is 19.8 Å². The van der Waals surface area contributed by atoms with Gasteiger partial charge in [0.2, 0.25) is 0 Å². The number of hydrogen-bond acceptors (Lipinski definition) is 3. The van der Waals surface area contributed by atoms with Crippen molar-refractivity contribution in [1.82, 2.24) is 15.6 Å². The van der Waals surface area contributed by atoms with Gasteiger partial charge in [-0.1, -0.05) is 6.07 Å². The Kier molecular flexibility index (Phi) is 6.24. The largest absolute Gasteiger partial charge is 0.356 e. The highest BCUT2D eigenvalue weighted by molar-refractivity contribution is 5.95. The van der Waals surface area contributed by atoms with Crippen molar-refractivity contribution in [3.05, 3.63) is 30.1 Å². The van der Waals surface area contributed by atoms with Crippen molar-refractivity contribution in [2.75, 3.05) is 13.1 Å². The molecule has 1 heterocycles. The summed E-state index contributed by atoms with van der Waals surface area (Å²) in [6.07, 6.45) is 3.50. The molecule has 4 N–H and O–H groups in total. The second kappa shape index (κ2) is 8.05. The van der Waals surface area contributed by atoms with E-state index < -0.39 is 6.03 Å². The normalized spacial score (nSPS) is 11.1. The second-order valence-electron chi connectivity index (χ2n) is 3.67. The standard InChI is InChI=1S/C12H19N5O/c1-2-14-12(17-11(13)18)16-9-5-7-10-6-3-4-8-15-10/h3-4,6,8H,2,5,7,9H2,1H3,(H4,13,14,16,17,18). The van der Waals surface area contributed by atoms with Gasteiger partial charge >= 0.3 is 6.03 Å². The third-order valence-corrected chi connectivity index (χ3v) is 2.17. The fraction of sp³-hybridized carbons (Fsp3) is 0.417. The number of hydrogen-bond donors (Lipinski definition) is 3. The summed E-state index contributed by atoms with van der Waals surface area (Å²) in [6, 6.07) is 5.22. The van der Waals surface area contributed by atoms with E-state index in [1.807, 2.05) is 25.1 Å². The average molecular weight is 249 g/mol. The molecule has 0 fully saturated rings. The molecule has 1 rings (SSSR count). The molecule has 0 aliphatic heterocycles. The molecule has 0 saturated carbocycles. The van der Waals surface area contributed by atoms with Gasteiger partial charge in [0, 0.05) is 25.0 Å². The molecular formula is C12H19N5O. The number of amides is 2. The molecule has 0 bridgehead atoms. The zero-order valence-corrected chi connectivity index (χ0v) is 10.5. The first-order valence-corrected chi connectivity index (χ1v) is 5.97. The minimum Gasteiger partial charge on any atom is -0.356 e. The van der Waals surface area contributed by atoms with Crippen LogP contribution in [0.2, 0.25) is 0 Å². The van der Waals surface area contributed by atoms with E-state index in [9.17, 15) is 4.79 Å². The van der Waals surface area contributed by atoms with E-state index in [-0.39, 0.29) is 0 Å². The lowest BCUT2D eigenvalue weighted by Gasteiger charge is -2.07. The third-order valence-electron chi connectivity index (χ3n) is 2.17. The molecule has 0 unspecified atom stereocenters. The van der Waals surface area contributed by atoms with Crippen molar-refractivity contribution in [1.29, 1.82) is 0 Å². The summed E-state index contributed by atoms with van der Waals surface area (Å²) in [5.41, 5.74) is 6.08. The lowest BCUT2D eigenvalue weighted by atomic mass is 10.2. The van der Waals surface area contributed by atoms with E-state index in [0.717, 1.165) is 18.5 Å². The van der Waals surface area contributed by atoms with Gasteiger partial charge in [-0.3, -0.25) is 15.3 Å². The van der Waals surface area contributed by atoms with Crippen LogP contribution in [0.5, 0.6) is 0 Å². The highest BCUT2D eigenvalue weighted by atomic mass is 16.2. The van der Waals surface area contributed by atoms with Crippen LogP contribution in [0, 0.1) is 0 Å². The highest BCUT2D eigenvalue weighted by Crippen LogP contribution is 1.98. The summed E-state index contributed by atoms with van der Waals surface area (Å²) < 4.78 is 0. The predicted octanol–water partition coefficient (Wildman–Crippen LogP) is 0.648. The SMILES string of the molecule is CCNC(=NCCCc1ccccn1)NC(N)=O. The van der Waals surface area contributed by atoms with E-state index in [2.05, 4.69) is 20.6 Å². The average Bonchev–Trinajstić information content (AvgIpc) is 2.35. The number of nitrogens with zero attached hydrogens (tertiary/aromatic N) is 2. The lowest BCUT2D eigenvalue weighted by molar-refractivity contribution is 0.253. The van der Waals surface area contributed by atoms with Crippen LogP contribution in [0.1, 0.15) is 19.0 Å². The maximum absolute atomic E-state index is 10.7. The van der Waals surface area contributed by atoms with Crippen molar-refractivity contribution in [3.8, 4) is 0 Å². The Labute approximate surface area is 107 Å². The van der Waals surface area contributed by atoms with Crippen LogP contribution in [0.25, 0.3) is 0 Å². The zero-order valence-electron chi connectivity index (χ0n) is 10.5. The molecule has 0 atom stereocenters. The molecule has 6 nitrogen and oxygen atoms in total. The number of nitrogens with two attached hydrogens (primary N) is 1. The summed E-state index contributed by atoms with van der Waals surface area (Å²) >= 11 is 0. The first-order valence-electron chi connectivity index (χ1n) is 5.97. The van der Waals surface area contributed by atoms with Gasteiger partial charge in [-0.2, -0.15) is 0 Å².